The summed E-state index contributed by atoms with van der Waals surface area (Å²) < 4.78 is 2.37. The van der Waals surface area contributed by atoms with Gasteiger partial charge in [-0.3, -0.25) is 0 Å². The number of para-hydroxylation sites is 2. The smallest absolute Gasteiger partial charge is 0.0546 e. The Kier molecular flexibility index (Phi) is 7.89. The molecule has 11 aromatic carbocycles. The van der Waals surface area contributed by atoms with E-state index in [-0.39, 0.29) is 0 Å². The maximum atomic E-state index is 2.43. The SMILES string of the molecule is c1ccc(-n2c3ccccc3c3cc(-c4ccc(N(c5ccc(-c6cc7ccccc7c7ccccc67)cc5)c5cc6ccccc6c6ccccc56)cc4)ccc32)cc1. The van der Waals surface area contributed by atoms with E-state index in [9.17, 15) is 0 Å². The summed E-state index contributed by atoms with van der Waals surface area (Å²) in [5.41, 5.74) is 11.8. The molecular formula is C58H38N2. The van der Waals surface area contributed by atoms with E-state index in [1.54, 1.807) is 0 Å². The van der Waals surface area contributed by atoms with Gasteiger partial charge in [-0.2, -0.15) is 0 Å². The molecule has 0 saturated carbocycles. The third-order valence-electron chi connectivity index (χ3n) is 12.3. The summed E-state index contributed by atoms with van der Waals surface area (Å²) >= 11 is 0. The molecule has 0 N–H and O–H groups in total. The van der Waals surface area contributed by atoms with Gasteiger partial charge in [0.2, 0.25) is 0 Å². The third-order valence-corrected chi connectivity index (χ3v) is 12.3. The lowest BCUT2D eigenvalue weighted by Crippen LogP contribution is -2.10. The molecule has 0 fully saturated rings. The molecule has 0 saturated heterocycles. The number of rotatable bonds is 6. The van der Waals surface area contributed by atoms with E-state index in [1.165, 1.54) is 92.8 Å². The van der Waals surface area contributed by atoms with Gasteiger partial charge in [-0.15, -0.1) is 0 Å². The molecule has 12 rings (SSSR count). The van der Waals surface area contributed by atoms with Gasteiger partial charge in [-0.05, 0) is 127 Å². The van der Waals surface area contributed by atoms with Crippen LogP contribution in [0.25, 0.3) is 92.8 Å². The van der Waals surface area contributed by atoms with Crippen molar-refractivity contribution >= 4 is 82.0 Å². The zero-order chi connectivity index (χ0) is 39.6. The Balaban J connectivity index is 1.00. The molecule has 280 valence electrons. The molecule has 2 heteroatoms. The predicted octanol–water partition coefficient (Wildman–Crippen LogP) is 16.2. The van der Waals surface area contributed by atoms with Crippen molar-refractivity contribution in [1.29, 1.82) is 0 Å². The first kappa shape index (κ1) is 34.1. The largest absolute Gasteiger partial charge is 0.310 e. The lowest BCUT2D eigenvalue weighted by molar-refractivity contribution is 1.18. The van der Waals surface area contributed by atoms with Gasteiger partial charge in [0.25, 0.3) is 0 Å². The molecule has 0 bridgehead atoms. The fraction of sp³-hybridized carbons (Fsp3) is 0. The van der Waals surface area contributed by atoms with Crippen molar-refractivity contribution in [2.45, 2.75) is 0 Å². The monoisotopic (exact) mass is 762 g/mol. The molecule has 0 aliphatic rings. The van der Waals surface area contributed by atoms with E-state index in [0.29, 0.717) is 0 Å². The first-order valence-corrected chi connectivity index (χ1v) is 20.7. The number of benzene rings is 11. The normalized spacial score (nSPS) is 11.7. The van der Waals surface area contributed by atoms with Crippen LogP contribution in [0.3, 0.4) is 0 Å². The van der Waals surface area contributed by atoms with Crippen LogP contribution >= 0.6 is 0 Å². The van der Waals surface area contributed by atoms with Crippen molar-refractivity contribution in [3.8, 4) is 27.9 Å². The zero-order valence-electron chi connectivity index (χ0n) is 32.8. The van der Waals surface area contributed by atoms with Gasteiger partial charge < -0.3 is 9.47 Å². The van der Waals surface area contributed by atoms with E-state index >= 15 is 0 Å². The summed E-state index contributed by atoms with van der Waals surface area (Å²) in [6.07, 6.45) is 0. The number of aromatic nitrogens is 1. The highest BCUT2D eigenvalue weighted by molar-refractivity contribution is 6.16. The Morgan fingerprint density at radius 1 is 0.283 bits per heavy atom. The molecule has 12 aromatic rings. The lowest BCUT2D eigenvalue weighted by atomic mass is 9.93. The highest BCUT2D eigenvalue weighted by Gasteiger charge is 2.19. The van der Waals surface area contributed by atoms with Crippen molar-refractivity contribution in [2.75, 3.05) is 4.90 Å². The first-order chi connectivity index (χ1) is 29.8. The number of hydrogen-bond acceptors (Lipinski definition) is 1. The van der Waals surface area contributed by atoms with Crippen molar-refractivity contribution < 1.29 is 0 Å². The maximum Gasteiger partial charge on any atom is 0.0546 e. The van der Waals surface area contributed by atoms with Crippen LogP contribution in [-0.4, -0.2) is 4.57 Å². The van der Waals surface area contributed by atoms with Gasteiger partial charge >= 0.3 is 0 Å². The minimum absolute atomic E-state index is 1.10. The fourth-order valence-corrected chi connectivity index (χ4v) is 9.54. The van der Waals surface area contributed by atoms with Gasteiger partial charge in [0.15, 0.2) is 0 Å². The highest BCUT2D eigenvalue weighted by Crippen LogP contribution is 2.44. The van der Waals surface area contributed by atoms with Crippen LogP contribution in [0.15, 0.2) is 231 Å². The van der Waals surface area contributed by atoms with Crippen LogP contribution < -0.4 is 4.90 Å². The lowest BCUT2D eigenvalue weighted by Gasteiger charge is -2.28. The zero-order valence-corrected chi connectivity index (χ0v) is 32.8. The second-order valence-electron chi connectivity index (χ2n) is 15.7. The average molecular weight is 763 g/mol. The molecule has 0 unspecified atom stereocenters. The van der Waals surface area contributed by atoms with Crippen LogP contribution in [-0.2, 0) is 0 Å². The van der Waals surface area contributed by atoms with Crippen LogP contribution in [0.4, 0.5) is 17.1 Å². The van der Waals surface area contributed by atoms with E-state index in [1.807, 2.05) is 0 Å². The minimum Gasteiger partial charge on any atom is -0.310 e. The molecule has 60 heavy (non-hydrogen) atoms. The topological polar surface area (TPSA) is 8.17 Å². The second kappa shape index (κ2) is 13.9. The number of hydrogen-bond donors (Lipinski definition) is 0. The quantitative estimate of drug-likeness (QED) is 0.153. The average Bonchev–Trinajstić information content (AvgIpc) is 3.66. The van der Waals surface area contributed by atoms with Gasteiger partial charge in [0.1, 0.15) is 0 Å². The summed E-state index contributed by atoms with van der Waals surface area (Å²) in [6.45, 7) is 0. The van der Waals surface area contributed by atoms with Crippen LogP contribution in [0.5, 0.6) is 0 Å². The van der Waals surface area contributed by atoms with Crippen molar-refractivity contribution in [2.24, 2.45) is 0 Å². The number of anilines is 3. The standard InChI is InChI=1S/C58H38N2/c1-2-16-44(17-3-1)60-56-25-13-12-24-53(56)55-36-41(30-35-57(55)60)39-26-31-45(32-27-39)59(58-38-43-15-5-7-19-48(43)50-21-10-11-23-52(50)58)46-33-28-40(29-34-46)54-37-42-14-4-6-18-47(42)49-20-8-9-22-51(49)54/h1-38H. The minimum atomic E-state index is 1.10. The fourth-order valence-electron chi connectivity index (χ4n) is 9.54. The summed E-state index contributed by atoms with van der Waals surface area (Å²) in [4.78, 5) is 2.43. The second-order valence-corrected chi connectivity index (χ2v) is 15.7. The van der Waals surface area contributed by atoms with Crippen LogP contribution in [0.1, 0.15) is 0 Å². The van der Waals surface area contributed by atoms with Gasteiger partial charge in [-0.25, -0.2) is 0 Å². The Morgan fingerprint density at radius 2 is 0.767 bits per heavy atom. The van der Waals surface area contributed by atoms with Crippen molar-refractivity contribution in [1.82, 2.24) is 4.57 Å². The summed E-state index contributed by atoms with van der Waals surface area (Å²) in [6, 6.07) is 84.3. The van der Waals surface area contributed by atoms with Crippen molar-refractivity contribution in [3.05, 3.63) is 231 Å². The summed E-state index contributed by atoms with van der Waals surface area (Å²) in [5, 5.41) is 12.5. The van der Waals surface area contributed by atoms with E-state index < -0.39 is 0 Å². The Morgan fingerprint density at radius 3 is 1.45 bits per heavy atom. The van der Waals surface area contributed by atoms with Crippen molar-refractivity contribution in [3.63, 3.8) is 0 Å². The van der Waals surface area contributed by atoms with Crippen LogP contribution in [0, 0.1) is 0 Å². The highest BCUT2D eigenvalue weighted by atomic mass is 15.1. The molecule has 0 amide bonds. The molecule has 1 aromatic heterocycles. The third kappa shape index (κ3) is 5.50. The number of nitrogens with zero attached hydrogens (tertiary/aromatic N) is 2. The maximum absolute atomic E-state index is 2.43. The predicted molar refractivity (Wildman–Crippen MR) is 256 cm³/mol. The Bertz CT molecular complexity index is 3580. The van der Waals surface area contributed by atoms with Gasteiger partial charge in [-0.1, -0.05) is 164 Å². The Hall–Kier alpha value is -7.94. The Labute approximate surface area is 348 Å². The summed E-state index contributed by atoms with van der Waals surface area (Å²) in [5.74, 6) is 0. The van der Waals surface area contributed by atoms with E-state index in [4.69, 9.17) is 0 Å². The molecule has 0 aliphatic heterocycles. The molecule has 1 heterocycles. The van der Waals surface area contributed by atoms with Gasteiger partial charge in [0.05, 0.1) is 16.7 Å². The van der Waals surface area contributed by atoms with E-state index in [2.05, 4.69) is 240 Å². The molecule has 0 radical (unpaired) electrons. The van der Waals surface area contributed by atoms with Crippen LogP contribution in [0.2, 0.25) is 0 Å². The molecule has 0 atom stereocenters. The molecule has 0 spiro atoms. The molecule has 0 aliphatic carbocycles. The van der Waals surface area contributed by atoms with E-state index in [0.717, 1.165) is 17.1 Å². The van der Waals surface area contributed by atoms with Gasteiger partial charge in [0, 0.05) is 33.2 Å². The summed E-state index contributed by atoms with van der Waals surface area (Å²) in [7, 11) is 0. The molecule has 2 nitrogen and oxygen atoms in total. The first-order valence-electron chi connectivity index (χ1n) is 20.7. The number of fused-ring (bicyclic) bond motifs is 9. The molecular weight excluding hydrogens is 725 g/mol.